The molecule has 1 unspecified atom stereocenters. The minimum Gasteiger partial charge on any atom is -0.356 e. The van der Waals surface area contributed by atoms with Crippen LogP contribution < -0.4 is 0 Å². The molecule has 5 nitrogen and oxygen atoms in total. The molecule has 0 spiro atoms. The summed E-state index contributed by atoms with van der Waals surface area (Å²) in [5.41, 5.74) is 3.48. The number of carbonyl (C=O) groups is 2. The van der Waals surface area contributed by atoms with E-state index < -0.39 is 0 Å². The van der Waals surface area contributed by atoms with E-state index in [1.54, 1.807) is 4.90 Å². The smallest absolute Gasteiger partial charge is 0.327 e. The van der Waals surface area contributed by atoms with Gasteiger partial charge in [-0.05, 0) is 31.9 Å². The molecule has 0 fully saturated rings. The van der Waals surface area contributed by atoms with Gasteiger partial charge in [-0.25, -0.2) is 4.79 Å². The maximum Gasteiger partial charge on any atom is 0.327 e. The number of benzene rings is 1. The summed E-state index contributed by atoms with van der Waals surface area (Å²) >= 11 is 0. The highest BCUT2D eigenvalue weighted by molar-refractivity contribution is 5.94. The lowest BCUT2D eigenvalue weighted by Gasteiger charge is -2.36. The molecule has 3 rings (SSSR count). The molecule has 0 bridgehead atoms. The number of imide groups is 1. The van der Waals surface area contributed by atoms with Crippen LogP contribution in [-0.4, -0.2) is 39.8 Å². The topological polar surface area (TPSA) is 56.4 Å². The number of hydrogen-bond donors (Lipinski definition) is 1. The number of H-pyrrole nitrogens is 1. The summed E-state index contributed by atoms with van der Waals surface area (Å²) in [6.45, 7) is 6.31. The van der Waals surface area contributed by atoms with Gasteiger partial charge >= 0.3 is 6.03 Å². The van der Waals surface area contributed by atoms with Gasteiger partial charge in [-0.2, -0.15) is 0 Å². The molecule has 0 aliphatic carbocycles. The number of nitrogens with zero attached hydrogens (tertiary/aromatic N) is 2. The van der Waals surface area contributed by atoms with Crippen LogP contribution in [0.5, 0.6) is 0 Å². The SMILES string of the molecule is CCN(C(C)=O)C(=O)N1CCc2c([nH]c3ccccc23)C1C. The lowest BCUT2D eigenvalue weighted by Crippen LogP contribution is -2.48. The lowest BCUT2D eigenvalue weighted by molar-refractivity contribution is -0.126. The third-order valence-corrected chi connectivity index (χ3v) is 4.51. The van der Waals surface area contributed by atoms with Crippen LogP contribution in [0.2, 0.25) is 0 Å². The summed E-state index contributed by atoms with van der Waals surface area (Å²) in [5, 5.41) is 1.23. The monoisotopic (exact) mass is 299 g/mol. The zero-order valence-electron chi connectivity index (χ0n) is 13.2. The third kappa shape index (κ3) is 2.17. The van der Waals surface area contributed by atoms with E-state index >= 15 is 0 Å². The van der Waals surface area contributed by atoms with Crippen molar-refractivity contribution in [2.24, 2.45) is 0 Å². The fourth-order valence-electron chi connectivity index (χ4n) is 3.34. The van der Waals surface area contributed by atoms with Gasteiger partial charge in [-0.3, -0.25) is 9.69 Å². The Bertz CT molecular complexity index is 735. The van der Waals surface area contributed by atoms with Crippen LogP contribution in [0.1, 0.15) is 38.1 Å². The van der Waals surface area contributed by atoms with E-state index in [0.29, 0.717) is 13.1 Å². The minimum atomic E-state index is -0.206. The van der Waals surface area contributed by atoms with Crippen molar-refractivity contribution in [3.05, 3.63) is 35.5 Å². The Hall–Kier alpha value is -2.30. The summed E-state index contributed by atoms with van der Waals surface area (Å²) in [7, 11) is 0. The van der Waals surface area contributed by atoms with Crippen LogP contribution >= 0.6 is 0 Å². The largest absolute Gasteiger partial charge is 0.356 e. The fourth-order valence-corrected chi connectivity index (χ4v) is 3.34. The molecule has 1 aliphatic rings. The Morgan fingerprint density at radius 3 is 2.77 bits per heavy atom. The number of fused-ring (bicyclic) bond motifs is 3. The highest BCUT2D eigenvalue weighted by atomic mass is 16.2. The van der Waals surface area contributed by atoms with Crippen molar-refractivity contribution in [1.82, 2.24) is 14.8 Å². The minimum absolute atomic E-state index is 0.0583. The quantitative estimate of drug-likeness (QED) is 0.879. The second-order valence-electron chi connectivity index (χ2n) is 5.73. The Morgan fingerprint density at radius 2 is 2.09 bits per heavy atom. The van der Waals surface area contributed by atoms with Gasteiger partial charge in [0.05, 0.1) is 6.04 Å². The van der Waals surface area contributed by atoms with E-state index in [-0.39, 0.29) is 18.0 Å². The van der Waals surface area contributed by atoms with Gasteiger partial charge in [0, 0.05) is 36.6 Å². The van der Waals surface area contributed by atoms with E-state index in [1.165, 1.54) is 22.8 Å². The number of urea groups is 1. The standard InChI is InChI=1S/C17H21N3O2/c1-4-19(12(3)21)17(22)20-10-9-14-13-7-5-6-8-15(13)18-16(14)11(20)2/h5-8,11,18H,4,9-10H2,1-3H3. The summed E-state index contributed by atoms with van der Waals surface area (Å²) in [5.74, 6) is -0.206. The van der Waals surface area contributed by atoms with Crippen molar-refractivity contribution in [2.75, 3.05) is 13.1 Å². The molecule has 1 aromatic heterocycles. The second kappa shape index (κ2) is 5.48. The number of para-hydroxylation sites is 1. The zero-order valence-corrected chi connectivity index (χ0v) is 13.2. The molecule has 1 N–H and O–H groups in total. The third-order valence-electron chi connectivity index (χ3n) is 4.51. The number of aromatic nitrogens is 1. The second-order valence-corrected chi connectivity index (χ2v) is 5.73. The molecule has 22 heavy (non-hydrogen) atoms. The Labute approximate surface area is 129 Å². The van der Waals surface area contributed by atoms with Crippen LogP contribution in [0.15, 0.2) is 24.3 Å². The Kier molecular flexibility index (Phi) is 3.64. The first-order valence-electron chi connectivity index (χ1n) is 7.72. The van der Waals surface area contributed by atoms with Crippen LogP contribution in [0.25, 0.3) is 10.9 Å². The number of carbonyl (C=O) groups excluding carboxylic acids is 2. The van der Waals surface area contributed by atoms with E-state index in [9.17, 15) is 9.59 Å². The van der Waals surface area contributed by atoms with Gasteiger partial charge in [0.1, 0.15) is 0 Å². The van der Waals surface area contributed by atoms with Gasteiger partial charge in [-0.1, -0.05) is 18.2 Å². The average Bonchev–Trinajstić information content (AvgIpc) is 2.87. The molecule has 0 saturated heterocycles. The van der Waals surface area contributed by atoms with Gasteiger partial charge < -0.3 is 9.88 Å². The van der Waals surface area contributed by atoms with E-state index in [1.807, 2.05) is 26.0 Å². The predicted molar refractivity (Wildman–Crippen MR) is 85.6 cm³/mol. The van der Waals surface area contributed by atoms with Crippen LogP contribution in [-0.2, 0) is 11.2 Å². The molecule has 116 valence electrons. The molecule has 0 saturated carbocycles. The highest BCUT2D eigenvalue weighted by Crippen LogP contribution is 2.34. The van der Waals surface area contributed by atoms with Crippen molar-refractivity contribution < 1.29 is 9.59 Å². The highest BCUT2D eigenvalue weighted by Gasteiger charge is 2.33. The maximum atomic E-state index is 12.6. The molecular weight excluding hydrogens is 278 g/mol. The summed E-state index contributed by atoms with van der Waals surface area (Å²) < 4.78 is 0. The normalized spacial score (nSPS) is 17.4. The molecule has 2 heterocycles. The van der Waals surface area contributed by atoms with Crippen molar-refractivity contribution >= 4 is 22.8 Å². The average molecular weight is 299 g/mol. The number of rotatable bonds is 1. The van der Waals surface area contributed by atoms with Gasteiger partial charge in [0.25, 0.3) is 0 Å². The Balaban J connectivity index is 1.96. The molecule has 1 aromatic carbocycles. The first-order chi connectivity index (χ1) is 10.5. The van der Waals surface area contributed by atoms with E-state index in [4.69, 9.17) is 0 Å². The lowest BCUT2D eigenvalue weighted by atomic mass is 9.98. The van der Waals surface area contributed by atoms with Crippen molar-refractivity contribution in [1.29, 1.82) is 0 Å². The molecule has 2 aromatic rings. The van der Waals surface area contributed by atoms with Crippen molar-refractivity contribution in [3.63, 3.8) is 0 Å². The summed E-state index contributed by atoms with van der Waals surface area (Å²) in [6, 6.07) is 7.95. The van der Waals surface area contributed by atoms with Crippen molar-refractivity contribution in [3.8, 4) is 0 Å². The van der Waals surface area contributed by atoms with Crippen LogP contribution in [0.4, 0.5) is 4.79 Å². The summed E-state index contributed by atoms with van der Waals surface area (Å²) in [6.07, 6.45) is 0.810. The van der Waals surface area contributed by atoms with Crippen molar-refractivity contribution in [2.45, 2.75) is 33.2 Å². The number of hydrogen-bond acceptors (Lipinski definition) is 2. The molecule has 1 aliphatic heterocycles. The predicted octanol–water partition coefficient (Wildman–Crippen LogP) is 3.08. The number of amides is 3. The van der Waals surface area contributed by atoms with E-state index in [0.717, 1.165) is 17.6 Å². The maximum absolute atomic E-state index is 12.6. The first-order valence-corrected chi connectivity index (χ1v) is 7.72. The van der Waals surface area contributed by atoms with Gasteiger partial charge in [0.2, 0.25) is 5.91 Å². The van der Waals surface area contributed by atoms with Gasteiger partial charge in [-0.15, -0.1) is 0 Å². The molecular formula is C17H21N3O2. The van der Waals surface area contributed by atoms with Crippen LogP contribution in [0, 0.1) is 0 Å². The molecule has 1 atom stereocenters. The molecule has 3 amide bonds. The van der Waals surface area contributed by atoms with E-state index in [2.05, 4.69) is 17.1 Å². The van der Waals surface area contributed by atoms with Gasteiger partial charge in [0.15, 0.2) is 0 Å². The Morgan fingerprint density at radius 1 is 1.36 bits per heavy atom. The molecule has 0 radical (unpaired) electrons. The zero-order chi connectivity index (χ0) is 15.9. The molecule has 5 heteroatoms. The fraction of sp³-hybridized carbons (Fsp3) is 0.412. The first kappa shape index (κ1) is 14.6. The number of nitrogens with one attached hydrogen (secondary N) is 1. The number of aromatic amines is 1. The summed E-state index contributed by atoms with van der Waals surface area (Å²) in [4.78, 5) is 30.8. The van der Waals surface area contributed by atoms with Crippen LogP contribution in [0.3, 0.4) is 0 Å².